The van der Waals surface area contributed by atoms with Crippen molar-refractivity contribution in [1.29, 1.82) is 0 Å². The van der Waals surface area contributed by atoms with Crippen LogP contribution in [0.2, 0.25) is 0 Å². The predicted octanol–water partition coefficient (Wildman–Crippen LogP) is 2.92. The summed E-state index contributed by atoms with van der Waals surface area (Å²) in [4.78, 5) is 4.25. The van der Waals surface area contributed by atoms with Crippen molar-refractivity contribution in [2.75, 3.05) is 0 Å². The minimum Gasteiger partial charge on any atom is -0.303 e. The monoisotopic (exact) mass is 276 g/mol. The molecule has 0 radical (unpaired) electrons. The largest absolute Gasteiger partial charge is 0.303 e. The van der Waals surface area contributed by atoms with Crippen molar-refractivity contribution in [3.8, 4) is 0 Å². The third kappa shape index (κ3) is 3.63. The zero-order valence-corrected chi connectivity index (χ0v) is 12.2. The summed E-state index contributed by atoms with van der Waals surface area (Å²) in [5.74, 6) is 1.21. The van der Waals surface area contributed by atoms with Crippen LogP contribution in [0.5, 0.6) is 0 Å². The molecule has 0 aliphatic heterocycles. The van der Waals surface area contributed by atoms with Crippen molar-refractivity contribution in [3.63, 3.8) is 0 Å². The number of benzene rings is 1. The van der Waals surface area contributed by atoms with Gasteiger partial charge in [0.1, 0.15) is 18.0 Å². The molecule has 1 heterocycles. The summed E-state index contributed by atoms with van der Waals surface area (Å²) in [7, 11) is 0. The second-order valence-electron chi connectivity index (χ2n) is 5.38. The lowest BCUT2D eigenvalue weighted by atomic mass is 10.1. The van der Waals surface area contributed by atoms with Crippen LogP contribution >= 0.6 is 0 Å². The van der Waals surface area contributed by atoms with E-state index in [-0.39, 0.29) is 11.9 Å². The van der Waals surface area contributed by atoms with Gasteiger partial charge in [0.05, 0.1) is 6.54 Å². The standard InChI is InChI=1S/C15H21FN4/c1-11(2)9-20-15(18-10-19-20)8-17-12(3)13-6-4-5-7-14(13)16/h4-7,10-12,17H,8-9H2,1-3H3/t12-/m1/s1. The first-order valence-corrected chi connectivity index (χ1v) is 6.92. The van der Waals surface area contributed by atoms with Gasteiger partial charge in [0, 0.05) is 18.2 Å². The maximum atomic E-state index is 13.7. The van der Waals surface area contributed by atoms with Gasteiger partial charge in [0.25, 0.3) is 0 Å². The van der Waals surface area contributed by atoms with Gasteiger partial charge in [-0.05, 0) is 18.9 Å². The van der Waals surface area contributed by atoms with Gasteiger partial charge in [-0.2, -0.15) is 5.10 Å². The maximum absolute atomic E-state index is 13.7. The average molecular weight is 276 g/mol. The summed E-state index contributed by atoms with van der Waals surface area (Å²) in [6, 6.07) is 6.75. The van der Waals surface area contributed by atoms with Crippen LogP contribution in [0.1, 0.15) is 38.2 Å². The first kappa shape index (κ1) is 14.7. The summed E-state index contributed by atoms with van der Waals surface area (Å²) in [5.41, 5.74) is 0.669. The Morgan fingerprint density at radius 3 is 2.70 bits per heavy atom. The number of nitrogens with one attached hydrogen (secondary N) is 1. The lowest BCUT2D eigenvalue weighted by Crippen LogP contribution is -2.22. The molecule has 0 unspecified atom stereocenters. The molecular formula is C15H21FN4. The first-order chi connectivity index (χ1) is 9.58. The Kier molecular flexibility index (Phi) is 4.84. The number of hydrogen-bond acceptors (Lipinski definition) is 3. The van der Waals surface area contributed by atoms with Gasteiger partial charge in [-0.15, -0.1) is 0 Å². The SMILES string of the molecule is CC(C)Cn1ncnc1CN[C@H](C)c1ccccc1F. The molecule has 0 amide bonds. The number of hydrogen-bond donors (Lipinski definition) is 1. The van der Waals surface area contributed by atoms with Crippen LogP contribution in [0, 0.1) is 11.7 Å². The fourth-order valence-electron chi connectivity index (χ4n) is 2.10. The second kappa shape index (κ2) is 6.61. The van der Waals surface area contributed by atoms with Crippen LogP contribution in [0.4, 0.5) is 4.39 Å². The summed E-state index contributed by atoms with van der Waals surface area (Å²) in [6.45, 7) is 7.64. The average Bonchev–Trinajstić information content (AvgIpc) is 2.83. The van der Waals surface area contributed by atoms with Gasteiger partial charge >= 0.3 is 0 Å². The molecule has 0 bridgehead atoms. The molecule has 0 saturated heterocycles. The van der Waals surface area contributed by atoms with Crippen LogP contribution in [0.3, 0.4) is 0 Å². The minimum absolute atomic E-state index is 0.0691. The maximum Gasteiger partial charge on any atom is 0.140 e. The molecular weight excluding hydrogens is 255 g/mol. The van der Waals surface area contributed by atoms with Gasteiger partial charge < -0.3 is 5.32 Å². The molecule has 5 heteroatoms. The number of halogens is 1. The number of rotatable bonds is 6. The highest BCUT2D eigenvalue weighted by atomic mass is 19.1. The lowest BCUT2D eigenvalue weighted by molar-refractivity contribution is 0.446. The Balaban J connectivity index is 1.99. The van der Waals surface area contributed by atoms with E-state index in [2.05, 4.69) is 29.2 Å². The normalized spacial score (nSPS) is 12.8. The van der Waals surface area contributed by atoms with Gasteiger partial charge in [-0.1, -0.05) is 32.0 Å². The van der Waals surface area contributed by atoms with Crippen molar-refractivity contribution in [3.05, 3.63) is 47.8 Å². The fraction of sp³-hybridized carbons (Fsp3) is 0.467. The third-order valence-electron chi connectivity index (χ3n) is 3.17. The molecule has 2 aromatic rings. The van der Waals surface area contributed by atoms with Crippen LogP contribution in [0.25, 0.3) is 0 Å². The lowest BCUT2D eigenvalue weighted by Gasteiger charge is -2.15. The second-order valence-corrected chi connectivity index (χ2v) is 5.38. The summed E-state index contributed by atoms with van der Waals surface area (Å²) >= 11 is 0. The Labute approximate surface area is 119 Å². The molecule has 20 heavy (non-hydrogen) atoms. The smallest absolute Gasteiger partial charge is 0.140 e. The Morgan fingerprint density at radius 1 is 1.25 bits per heavy atom. The summed E-state index contributed by atoms with van der Waals surface area (Å²) in [6.07, 6.45) is 1.56. The predicted molar refractivity (Wildman–Crippen MR) is 76.5 cm³/mol. The highest BCUT2D eigenvalue weighted by Gasteiger charge is 2.12. The van der Waals surface area contributed by atoms with E-state index < -0.39 is 0 Å². The zero-order chi connectivity index (χ0) is 14.5. The van der Waals surface area contributed by atoms with E-state index in [1.807, 2.05) is 17.7 Å². The molecule has 1 aromatic heterocycles. The topological polar surface area (TPSA) is 42.7 Å². The first-order valence-electron chi connectivity index (χ1n) is 6.92. The van der Waals surface area contributed by atoms with Crippen molar-refractivity contribution >= 4 is 0 Å². The fourth-order valence-corrected chi connectivity index (χ4v) is 2.10. The third-order valence-corrected chi connectivity index (χ3v) is 3.17. The van der Waals surface area contributed by atoms with Crippen LogP contribution < -0.4 is 5.32 Å². The molecule has 0 saturated carbocycles. The zero-order valence-electron chi connectivity index (χ0n) is 12.2. The summed E-state index contributed by atoms with van der Waals surface area (Å²) < 4.78 is 15.6. The molecule has 4 nitrogen and oxygen atoms in total. The quantitative estimate of drug-likeness (QED) is 0.882. The van der Waals surface area contributed by atoms with Gasteiger partial charge in [-0.3, -0.25) is 0 Å². The van der Waals surface area contributed by atoms with E-state index in [1.54, 1.807) is 18.5 Å². The van der Waals surface area contributed by atoms with E-state index in [1.165, 1.54) is 6.07 Å². The van der Waals surface area contributed by atoms with E-state index in [0.717, 1.165) is 12.4 Å². The highest BCUT2D eigenvalue weighted by Crippen LogP contribution is 2.16. The molecule has 0 fully saturated rings. The van der Waals surface area contributed by atoms with Crippen LogP contribution in [-0.4, -0.2) is 14.8 Å². The minimum atomic E-state index is -0.184. The highest BCUT2D eigenvalue weighted by molar-refractivity contribution is 5.20. The molecule has 1 atom stereocenters. The Bertz CT molecular complexity index is 550. The van der Waals surface area contributed by atoms with Gasteiger partial charge in [0.15, 0.2) is 0 Å². The van der Waals surface area contributed by atoms with Crippen molar-refractivity contribution in [1.82, 2.24) is 20.1 Å². The molecule has 2 rings (SSSR count). The van der Waals surface area contributed by atoms with Crippen molar-refractivity contribution < 1.29 is 4.39 Å². The van der Waals surface area contributed by atoms with Crippen LogP contribution in [-0.2, 0) is 13.1 Å². The molecule has 0 aliphatic carbocycles. The van der Waals surface area contributed by atoms with E-state index in [9.17, 15) is 4.39 Å². The molecule has 108 valence electrons. The molecule has 1 N–H and O–H groups in total. The number of aromatic nitrogens is 3. The van der Waals surface area contributed by atoms with Crippen molar-refractivity contribution in [2.24, 2.45) is 5.92 Å². The molecule has 0 spiro atoms. The molecule has 1 aromatic carbocycles. The molecule has 0 aliphatic rings. The Morgan fingerprint density at radius 2 is 2.00 bits per heavy atom. The van der Waals surface area contributed by atoms with E-state index >= 15 is 0 Å². The Hall–Kier alpha value is -1.75. The van der Waals surface area contributed by atoms with Crippen LogP contribution in [0.15, 0.2) is 30.6 Å². The number of nitrogens with zero attached hydrogens (tertiary/aromatic N) is 3. The van der Waals surface area contributed by atoms with Crippen molar-refractivity contribution in [2.45, 2.75) is 39.9 Å². The summed E-state index contributed by atoms with van der Waals surface area (Å²) in [5, 5.41) is 7.51. The van der Waals surface area contributed by atoms with E-state index in [4.69, 9.17) is 0 Å². The van der Waals surface area contributed by atoms with E-state index in [0.29, 0.717) is 18.0 Å². The van der Waals surface area contributed by atoms with Gasteiger partial charge in [-0.25, -0.2) is 14.1 Å². The van der Waals surface area contributed by atoms with Gasteiger partial charge in [0.2, 0.25) is 0 Å².